The van der Waals surface area contributed by atoms with Gasteiger partial charge in [0.25, 0.3) is 0 Å². The summed E-state index contributed by atoms with van der Waals surface area (Å²) in [7, 11) is 2.20. The fourth-order valence-electron chi connectivity index (χ4n) is 3.20. The lowest BCUT2D eigenvalue weighted by molar-refractivity contribution is -0.0855. The molecule has 0 aromatic heterocycles. The van der Waals surface area contributed by atoms with Crippen molar-refractivity contribution in [1.29, 1.82) is 0 Å². The molecule has 1 aliphatic heterocycles. The Morgan fingerprint density at radius 2 is 2.08 bits per heavy atom. The predicted molar refractivity (Wildman–Crippen MR) is 53.6 cm³/mol. The fraction of sp³-hybridized carbons (Fsp3) is 1.00. The number of aliphatic hydroxyl groups excluding tert-OH is 1. The van der Waals surface area contributed by atoms with Gasteiger partial charge in [-0.3, -0.25) is 0 Å². The molecule has 0 aromatic rings. The van der Waals surface area contributed by atoms with Crippen LogP contribution in [0.1, 0.15) is 32.6 Å². The largest absolute Gasteiger partial charge is 0.393 e. The molecule has 1 spiro atoms. The van der Waals surface area contributed by atoms with Gasteiger partial charge in [-0.2, -0.15) is 0 Å². The SMILES string of the molecule is C[C@@H](O)CCC1CC2(C1)CN(C)C2. The molecule has 1 atom stereocenters. The molecule has 1 N–H and O–H groups in total. The first-order chi connectivity index (χ1) is 6.10. The minimum Gasteiger partial charge on any atom is -0.393 e. The van der Waals surface area contributed by atoms with Gasteiger partial charge >= 0.3 is 0 Å². The van der Waals surface area contributed by atoms with E-state index in [1.165, 1.54) is 32.4 Å². The van der Waals surface area contributed by atoms with Crippen molar-refractivity contribution in [2.45, 2.75) is 38.7 Å². The van der Waals surface area contributed by atoms with E-state index in [-0.39, 0.29) is 6.10 Å². The second-order valence-corrected chi connectivity index (χ2v) is 5.37. The van der Waals surface area contributed by atoms with E-state index in [0.717, 1.165) is 17.8 Å². The lowest BCUT2D eigenvalue weighted by atomic mass is 9.57. The molecule has 2 fully saturated rings. The van der Waals surface area contributed by atoms with E-state index in [2.05, 4.69) is 11.9 Å². The molecule has 2 aliphatic rings. The standard InChI is InChI=1S/C11H21NO/c1-9(13)3-4-10-5-11(6-10)7-12(2)8-11/h9-10,13H,3-8H2,1-2H3/t9-/m1/s1. The highest BCUT2D eigenvalue weighted by atomic mass is 16.3. The van der Waals surface area contributed by atoms with Crippen molar-refractivity contribution in [1.82, 2.24) is 4.90 Å². The summed E-state index contributed by atoms with van der Waals surface area (Å²) < 4.78 is 0. The predicted octanol–water partition coefficient (Wildman–Crippen LogP) is 1.49. The van der Waals surface area contributed by atoms with Crippen LogP contribution >= 0.6 is 0 Å². The first-order valence-corrected chi connectivity index (χ1v) is 5.46. The molecule has 2 heteroatoms. The second-order valence-electron chi connectivity index (χ2n) is 5.37. The van der Waals surface area contributed by atoms with E-state index in [4.69, 9.17) is 5.11 Å². The van der Waals surface area contributed by atoms with Crippen LogP contribution < -0.4 is 0 Å². The third kappa shape index (κ3) is 1.89. The molecular formula is C11H21NO. The van der Waals surface area contributed by atoms with Crippen molar-refractivity contribution in [3.05, 3.63) is 0 Å². The van der Waals surface area contributed by atoms with Gasteiger partial charge in [0.05, 0.1) is 6.10 Å². The van der Waals surface area contributed by atoms with Crippen LogP contribution in [-0.2, 0) is 0 Å². The van der Waals surface area contributed by atoms with Crippen molar-refractivity contribution in [2.75, 3.05) is 20.1 Å². The van der Waals surface area contributed by atoms with Crippen molar-refractivity contribution in [3.63, 3.8) is 0 Å². The average Bonchev–Trinajstić information content (AvgIpc) is 1.90. The van der Waals surface area contributed by atoms with Gasteiger partial charge in [-0.25, -0.2) is 0 Å². The number of nitrogens with zero attached hydrogens (tertiary/aromatic N) is 1. The van der Waals surface area contributed by atoms with Gasteiger partial charge in [-0.15, -0.1) is 0 Å². The maximum Gasteiger partial charge on any atom is 0.0512 e. The highest BCUT2D eigenvalue weighted by Crippen LogP contribution is 2.52. The van der Waals surface area contributed by atoms with Crippen LogP contribution in [0.25, 0.3) is 0 Å². The van der Waals surface area contributed by atoms with Gasteiger partial charge in [0, 0.05) is 13.1 Å². The number of aliphatic hydroxyl groups is 1. The van der Waals surface area contributed by atoms with E-state index in [0.29, 0.717) is 0 Å². The summed E-state index contributed by atoms with van der Waals surface area (Å²) in [5.74, 6) is 0.920. The molecule has 0 unspecified atom stereocenters. The summed E-state index contributed by atoms with van der Waals surface area (Å²) in [6.45, 7) is 4.53. The molecule has 0 aromatic carbocycles. The number of hydrogen-bond donors (Lipinski definition) is 1. The van der Waals surface area contributed by atoms with Gasteiger partial charge in [-0.05, 0) is 51.0 Å². The summed E-state index contributed by atoms with van der Waals surface area (Å²) in [6, 6.07) is 0. The lowest BCUT2D eigenvalue weighted by Gasteiger charge is -2.58. The highest BCUT2D eigenvalue weighted by Gasteiger charge is 2.50. The monoisotopic (exact) mass is 183 g/mol. The third-order valence-corrected chi connectivity index (χ3v) is 3.65. The Labute approximate surface area is 80.9 Å². The Morgan fingerprint density at radius 3 is 2.54 bits per heavy atom. The molecule has 1 heterocycles. The van der Waals surface area contributed by atoms with E-state index in [9.17, 15) is 0 Å². The molecule has 0 amide bonds. The molecule has 2 rings (SSSR count). The molecular weight excluding hydrogens is 162 g/mol. The van der Waals surface area contributed by atoms with Crippen LogP contribution in [0.3, 0.4) is 0 Å². The Bertz CT molecular complexity index is 177. The Kier molecular flexibility index (Phi) is 2.37. The first kappa shape index (κ1) is 9.47. The zero-order valence-electron chi connectivity index (χ0n) is 8.79. The maximum absolute atomic E-state index is 9.16. The molecule has 76 valence electrons. The zero-order valence-corrected chi connectivity index (χ0v) is 8.79. The molecule has 0 bridgehead atoms. The van der Waals surface area contributed by atoms with Gasteiger partial charge in [-0.1, -0.05) is 0 Å². The van der Waals surface area contributed by atoms with Crippen molar-refractivity contribution in [2.24, 2.45) is 11.3 Å². The summed E-state index contributed by atoms with van der Waals surface area (Å²) in [5.41, 5.74) is 0.720. The molecule has 13 heavy (non-hydrogen) atoms. The molecule has 1 saturated carbocycles. The normalized spacial score (nSPS) is 29.8. The minimum atomic E-state index is -0.0967. The summed E-state index contributed by atoms with van der Waals surface area (Å²) >= 11 is 0. The zero-order chi connectivity index (χ0) is 9.47. The van der Waals surface area contributed by atoms with E-state index in [1.54, 1.807) is 0 Å². The maximum atomic E-state index is 9.16. The van der Waals surface area contributed by atoms with Crippen molar-refractivity contribution in [3.8, 4) is 0 Å². The van der Waals surface area contributed by atoms with Gasteiger partial charge < -0.3 is 10.0 Å². The summed E-state index contributed by atoms with van der Waals surface area (Å²) in [4.78, 5) is 2.41. The van der Waals surface area contributed by atoms with Crippen LogP contribution in [-0.4, -0.2) is 36.2 Å². The van der Waals surface area contributed by atoms with Crippen LogP contribution in [0.2, 0.25) is 0 Å². The molecule has 1 saturated heterocycles. The highest BCUT2D eigenvalue weighted by molar-refractivity contribution is 5.02. The quantitative estimate of drug-likeness (QED) is 0.716. The van der Waals surface area contributed by atoms with Crippen molar-refractivity contribution < 1.29 is 5.11 Å². The number of likely N-dealkylation sites (tertiary alicyclic amines) is 1. The second kappa shape index (κ2) is 3.25. The van der Waals surface area contributed by atoms with Crippen LogP contribution in [0, 0.1) is 11.3 Å². The van der Waals surface area contributed by atoms with Crippen molar-refractivity contribution >= 4 is 0 Å². The molecule has 0 radical (unpaired) electrons. The summed E-state index contributed by atoms with van der Waals surface area (Å²) in [6.07, 6.45) is 4.98. The van der Waals surface area contributed by atoms with E-state index in [1.807, 2.05) is 6.92 Å². The van der Waals surface area contributed by atoms with Crippen LogP contribution in [0.4, 0.5) is 0 Å². The summed E-state index contributed by atoms with van der Waals surface area (Å²) in [5, 5.41) is 9.16. The number of rotatable bonds is 3. The fourth-order valence-corrected chi connectivity index (χ4v) is 3.20. The average molecular weight is 183 g/mol. The Balaban J connectivity index is 1.62. The van der Waals surface area contributed by atoms with E-state index >= 15 is 0 Å². The molecule has 2 nitrogen and oxygen atoms in total. The number of hydrogen-bond acceptors (Lipinski definition) is 2. The van der Waals surface area contributed by atoms with E-state index < -0.39 is 0 Å². The first-order valence-electron chi connectivity index (χ1n) is 5.46. The topological polar surface area (TPSA) is 23.5 Å². The van der Waals surface area contributed by atoms with Crippen LogP contribution in [0.5, 0.6) is 0 Å². The lowest BCUT2D eigenvalue weighted by Crippen LogP contribution is -2.60. The van der Waals surface area contributed by atoms with Gasteiger partial charge in [0.2, 0.25) is 0 Å². The van der Waals surface area contributed by atoms with Crippen LogP contribution in [0.15, 0.2) is 0 Å². The molecule has 1 aliphatic carbocycles. The Morgan fingerprint density at radius 1 is 1.46 bits per heavy atom. The minimum absolute atomic E-state index is 0.0967. The Hall–Kier alpha value is -0.0800. The smallest absolute Gasteiger partial charge is 0.0512 e. The van der Waals surface area contributed by atoms with Gasteiger partial charge in [0.15, 0.2) is 0 Å². The third-order valence-electron chi connectivity index (χ3n) is 3.65. The van der Waals surface area contributed by atoms with Gasteiger partial charge in [0.1, 0.15) is 0 Å².